The molecule has 0 radical (unpaired) electrons. The van der Waals surface area contributed by atoms with Crippen molar-refractivity contribution in [1.29, 1.82) is 0 Å². The maximum absolute atomic E-state index is 12.9. The largest absolute Gasteiger partial charge is 0.394 e. The number of nitrogens with zero attached hydrogens (tertiary/aromatic N) is 1. The van der Waals surface area contributed by atoms with Crippen LogP contribution in [-0.4, -0.2) is 43.3 Å². The lowest BCUT2D eigenvalue weighted by Gasteiger charge is -2.32. The molecule has 1 saturated carbocycles. The first-order valence-electron chi connectivity index (χ1n) is 7.02. The number of alkyl halides is 3. The van der Waals surface area contributed by atoms with Crippen LogP contribution in [0.5, 0.6) is 0 Å². The molecule has 0 bridgehead atoms. The maximum atomic E-state index is 12.9. The highest BCUT2D eigenvalue weighted by atomic mass is 19.4. The Morgan fingerprint density at radius 1 is 1.33 bits per heavy atom. The van der Waals surface area contributed by atoms with Crippen LogP contribution in [0.4, 0.5) is 13.2 Å². The summed E-state index contributed by atoms with van der Waals surface area (Å²) in [5, 5.41) is 2.92. The van der Waals surface area contributed by atoms with E-state index in [1.807, 2.05) is 0 Å². The minimum atomic E-state index is -4.08. The average Bonchev–Trinajstić information content (AvgIpc) is 3.11. The number of nitrogens with one attached hydrogen (secondary N) is 1. The molecule has 106 valence electrons. The summed E-state index contributed by atoms with van der Waals surface area (Å²) in [5.74, 6) is -0.441. The van der Waals surface area contributed by atoms with E-state index in [1.165, 1.54) is 12.8 Å². The standard InChI is InChI=1S/C13H23F3N2/c1-2-12(7-10-3-4-10)18-6-5-17-8-11(9-18)13(14,15)16/h10-12,17H,2-9H2,1H3. The normalized spacial score (nSPS) is 29.0. The lowest BCUT2D eigenvalue weighted by atomic mass is 10.0. The Labute approximate surface area is 107 Å². The monoisotopic (exact) mass is 264 g/mol. The summed E-state index contributed by atoms with van der Waals surface area (Å²) in [6, 6.07) is 0.335. The van der Waals surface area contributed by atoms with Crippen molar-refractivity contribution in [2.75, 3.05) is 26.2 Å². The molecule has 1 aliphatic heterocycles. The van der Waals surface area contributed by atoms with Gasteiger partial charge in [0, 0.05) is 32.2 Å². The Balaban J connectivity index is 1.95. The van der Waals surface area contributed by atoms with Crippen LogP contribution in [-0.2, 0) is 0 Å². The molecule has 1 heterocycles. The number of halogens is 3. The zero-order valence-electron chi connectivity index (χ0n) is 11.0. The highest BCUT2D eigenvalue weighted by Gasteiger charge is 2.42. The summed E-state index contributed by atoms with van der Waals surface area (Å²) in [7, 11) is 0. The second-order valence-corrected chi connectivity index (χ2v) is 5.68. The van der Waals surface area contributed by atoms with Crippen LogP contribution in [0.1, 0.15) is 32.6 Å². The van der Waals surface area contributed by atoms with Gasteiger partial charge in [0.15, 0.2) is 0 Å². The lowest BCUT2D eigenvalue weighted by Crippen LogP contribution is -2.43. The zero-order chi connectivity index (χ0) is 13.2. The molecular weight excluding hydrogens is 241 g/mol. The van der Waals surface area contributed by atoms with Crippen LogP contribution in [0, 0.1) is 11.8 Å². The van der Waals surface area contributed by atoms with Gasteiger partial charge in [0.1, 0.15) is 0 Å². The van der Waals surface area contributed by atoms with Crippen LogP contribution in [0.25, 0.3) is 0 Å². The van der Waals surface area contributed by atoms with Gasteiger partial charge < -0.3 is 5.32 Å². The van der Waals surface area contributed by atoms with Crippen LogP contribution in [0.15, 0.2) is 0 Å². The molecule has 0 aromatic heterocycles. The number of hydrogen-bond donors (Lipinski definition) is 1. The van der Waals surface area contributed by atoms with Gasteiger partial charge in [-0.25, -0.2) is 0 Å². The number of hydrogen-bond acceptors (Lipinski definition) is 2. The molecule has 0 aromatic rings. The third kappa shape index (κ3) is 3.85. The lowest BCUT2D eigenvalue weighted by molar-refractivity contribution is -0.177. The van der Waals surface area contributed by atoms with E-state index in [0.717, 1.165) is 25.3 Å². The van der Waals surface area contributed by atoms with Crippen molar-refractivity contribution in [3.8, 4) is 0 Å². The summed E-state index contributed by atoms with van der Waals surface area (Å²) in [6.07, 6.45) is 0.506. The van der Waals surface area contributed by atoms with Crippen LogP contribution in [0.2, 0.25) is 0 Å². The molecule has 2 fully saturated rings. The Morgan fingerprint density at radius 2 is 2.06 bits per heavy atom. The minimum absolute atomic E-state index is 0.0693. The first kappa shape index (κ1) is 14.1. The average molecular weight is 264 g/mol. The van der Waals surface area contributed by atoms with Gasteiger partial charge in [-0.15, -0.1) is 0 Å². The molecule has 18 heavy (non-hydrogen) atoms. The second kappa shape index (κ2) is 5.78. The molecule has 2 unspecified atom stereocenters. The molecule has 1 N–H and O–H groups in total. The summed E-state index contributed by atoms with van der Waals surface area (Å²) < 4.78 is 38.6. The smallest absolute Gasteiger partial charge is 0.315 e. The predicted molar refractivity (Wildman–Crippen MR) is 65.4 cm³/mol. The van der Waals surface area contributed by atoms with Gasteiger partial charge in [-0.05, 0) is 18.8 Å². The van der Waals surface area contributed by atoms with Gasteiger partial charge >= 0.3 is 6.18 Å². The van der Waals surface area contributed by atoms with E-state index < -0.39 is 12.1 Å². The molecule has 2 nitrogen and oxygen atoms in total. The Morgan fingerprint density at radius 3 is 2.61 bits per heavy atom. The Hall–Kier alpha value is -0.290. The first-order chi connectivity index (χ1) is 8.50. The highest BCUT2D eigenvalue weighted by molar-refractivity contribution is 4.86. The topological polar surface area (TPSA) is 15.3 Å². The van der Waals surface area contributed by atoms with Crippen molar-refractivity contribution in [1.82, 2.24) is 10.2 Å². The van der Waals surface area contributed by atoms with E-state index in [-0.39, 0.29) is 13.1 Å². The van der Waals surface area contributed by atoms with Crippen molar-refractivity contribution in [2.45, 2.75) is 44.8 Å². The molecule has 0 aromatic carbocycles. The Kier molecular flexibility index (Phi) is 4.54. The van der Waals surface area contributed by atoms with E-state index in [1.54, 1.807) is 0 Å². The quantitative estimate of drug-likeness (QED) is 0.839. The van der Waals surface area contributed by atoms with Crippen LogP contribution < -0.4 is 5.32 Å². The summed E-state index contributed by atoms with van der Waals surface area (Å²) in [5.41, 5.74) is 0. The summed E-state index contributed by atoms with van der Waals surface area (Å²) >= 11 is 0. The Bertz CT molecular complexity index is 263. The van der Waals surface area contributed by atoms with E-state index in [0.29, 0.717) is 12.6 Å². The van der Waals surface area contributed by atoms with Gasteiger partial charge in [0.05, 0.1) is 5.92 Å². The zero-order valence-corrected chi connectivity index (χ0v) is 11.0. The van der Waals surface area contributed by atoms with Crippen molar-refractivity contribution in [2.24, 2.45) is 11.8 Å². The van der Waals surface area contributed by atoms with Crippen LogP contribution in [0.3, 0.4) is 0 Å². The first-order valence-corrected chi connectivity index (χ1v) is 7.02. The predicted octanol–water partition coefficient (Wildman–Crippen LogP) is 2.65. The molecule has 5 heteroatoms. The van der Waals surface area contributed by atoms with Crippen molar-refractivity contribution < 1.29 is 13.2 Å². The molecule has 0 amide bonds. The van der Waals surface area contributed by atoms with E-state index >= 15 is 0 Å². The maximum Gasteiger partial charge on any atom is 0.394 e. The van der Waals surface area contributed by atoms with Gasteiger partial charge in [-0.1, -0.05) is 19.8 Å². The van der Waals surface area contributed by atoms with Gasteiger partial charge in [0.2, 0.25) is 0 Å². The van der Waals surface area contributed by atoms with E-state index in [2.05, 4.69) is 17.1 Å². The van der Waals surface area contributed by atoms with E-state index in [4.69, 9.17) is 0 Å². The molecule has 2 rings (SSSR count). The van der Waals surface area contributed by atoms with Gasteiger partial charge in [0.25, 0.3) is 0 Å². The molecular formula is C13H23F3N2. The summed E-state index contributed by atoms with van der Waals surface area (Å²) in [6.45, 7) is 3.75. The van der Waals surface area contributed by atoms with Gasteiger partial charge in [-0.2, -0.15) is 13.2 Å². The molecule has 2 aliphatic rings. The van der Waals surface area contributed by atoms with Crippen molar-refractivity contribution >= 4 is 0 Å². The molecule has 1 aliphatic carbocycles. The van der Waals surface area contributed by atoms with E-state index in [9.17, 15) is 13.2 Å². The highest BCUT2D eigenvalue weighted by Crippen LogP contribution is 2.36. The second-order valence-electron chi connectivity index (χ2n) is 5.68. The van der Waals surface area contributed by atoms with Crippen molar-refractivity contribution in [3.63, 3.8) is 0 Å². The van der Waals surface area contributed by atoms with Crippen molar-refractivity contribution in [3.05, 3.63) is 0 Å². The van der Waals surface area contributed by atoms with Crippen LogP contribution >= 0.6 is 0 Å². The fraction of sp³-hybridized carbons (Fsp3) is 1.00. The molecule has 0 spiro atoms. The third-order valence-corrected chi connectivity index (χ3v) is 4.17. The molecule has 1 saturated heterocycles. The van der Waals surface area contributed by atoms with Gasteiger partial charge in [-0.3, -0.25) is 4.90 Å². The fourth-order valence-electron chi connectivity index (χ4n) is 2.80. The molecule has 2 atom stereocenters. The summed E-state index contributed by atoms with van der Waals surface area (Å²) in [4.78, 5) is 2.07. The third-order valence-electron chi connectivity index (χ3n) is 4.17. The number of rotatable bonds is 4. The SMILES string of the molecule is CCC(CC1CC1)N1CCNCC(C(F)(F)F)C1. The fourth-order valence-corrected chi connectivity index (χ4v) is 2.80. The minimum Gasteiger partial charge on any atom is -0.315 e.